The fourth-order valence-corrected chi connectivity index (χ4v) is 2.71. The second-order valence-electron chi connectivity index (χ2n) is 6.77. The van der Waals surface area contributed by atoms with Crippen molar-refractivity contribution in [3.63, 3.8) is 0 Å². The first-order valence-electron chi connectivity index (χ1n) is 8.50. The van der Waals surface area contributed by atoms with Gasteiger partial charge in [0.2, 0.25) is 0 Å². The summed E-state index contributed by atoms with van der Waals surface area (Å²) in [5, 5.41) is 10.5. The van der Waals surface area contributed by atoms with E-state index in [1.165, 1.54) is 13.0 Å². The van der Waals surface area contributed by atoms with Crippen LogP contribution in [0.1, 0.15) is 42.3 Å². The first-order valence-corrected chi connectivity index (χ1v) is 8.50. The number of carbonyl (C=O) groups excluding carboxylic acids is 2. The Morgan fingerprint density at radius 2 is 1.81 bits per heavy atom. The van der Waals surface area contributed by atoms with Crippen LogP contribution in [0.5, 0.6) is 17.2 Å². The number of fused-ring (bicyclic) bond motifs is 1. The highest BCUT2D eigenvalue weighted by Gasteiger charge is 2.25. The van der Waals surface area contributed by atoms with Gasteiger partial charge in [-0.05, 0) is 61.9 Å². The highest BCUT2D eigenvalue weighted by atomic mass is 16.5. The lowest BCUT2D eigenvalue weighted by Crippen LogP contribution is -2.27. The number of hydrogen-bond acceptors (Lipinski definition) is 5. The zero-order valence-electron chi connectivity index (χ0n) is 15.4. The average molecular weight is 364 g/mol. The van der Waals surface area contributed by atoms with Crippen LogP contribution in [0, 0.1) is 0 Å². The molecule has 0 aliphatic carbocycles. The predicted octanol–water partition coefficient (Wildman–Crippen LogP) is 4.40. The summed E-state index contributed by atoms with van der Waals surface area (Å²) in [4.78, 5) is 23.4. The molecule has 1 aliphatic heterocycles. The minimum atomic E-state index is -0.455. The Morgan fingerprint density at radius 3 is 2.48 bits per heavy atom. The van der Waals surface area contributed by atoms with E-state index in [1.807, 2.05) is 19.9 Å². The van der Waals surface area contributed by atoms with E-state index in [4.69, 9.17) is 9.47 Å². The van der Waals surface area contributed by atoms with Gasteiger partial charge in [-0.15, -0.1) is 0 Å². The van der Waals surface area contributed by atoms with Gasteiger partial charge in [-0.3, -0.25) is 9.59 Å². The van der Waals surface area contributed by atoms with Crippen molar-refractivity contribution >= 4 is 23.9 Å². The Kier molecular flexibility index (Phi) is 4.86. The third-order valence-electron chi connectivity index (χ3n) is 4.04. The molecule has 0 radical (unpaired) electrons. The molecule has 0 aromatic heterocycles. The van der Waals surface area contributed by atoms with Gasteiger partial charge in [0, 0.05) is 6.92 Å². The highest BCUT2D eigenvalue weighted by molar-refractivity contribution is 6.09. The lowest BCUT2D eigenvalue weighted by atomic mass is 9.98. The third-order valence-corrected chi connectivity index (χ3v) is 4.04. The van der Waals surface area contributed by atoms with Crippen LogP contribution in [-0.4, -0.2) is 22.5 Å². The van der Waals surface area contributed by atoms with E-state index in [2.05, 4.69) is 0 Å². The molecule has 138 valence electrons. The zero-order valence-corrected chi connectivity index (χ0v) is 15.4. The lowest BCUT2D eigenvalue weighted by Gasteiger charge is -2.28. The third kappa shape index (κ3) is 4.26. The molecular weight excluding hydrogens is 344 g/mol. The molecule has 5 heteroatoms. The fourth-order valence-electron chi connectivity index (χ4n) is 2.71. The number of rotatable bonds is 4. The first-order chi connectivity index (χ1) is 12.7. The number of carbonyl (C=O) groups is 2. The summed E-state index contributed by atoms with van der Waals surface area (Å²) in [7, 11) is 0. The Labute approximate surface area is 157 Å². The fraction of sp³-hybridized carbons (Fsp3) is 0.182. The SMILES string of the molecule is CC(=O)Oc1ccc(/C=C/C(=O)c2ccc3c(c2O)C=CC(C)(C)O3)cc1. The number of ketones is 1. The molecule has 1 N–H and O–H groups in total. The zero-order chi connectivity index (χ0) is 19.6. The van der Waals surface area contributed by atoms with E-state index >= 15 is 0 Å². The number of benzene rings is 2. The summed E-state index contributed by atoms with van der Waals surface area (Å²) in [6.07, 6.45) is 6.63. The molecule has 3 rings (SSSR count). The van der Waals surface area contributed by atoms with E-state index in [-0.39, 0.29) is 17.1 Å². The number of esters is 1. The van der Waals surface area contributed by atoms with E-state index < -0.39 is 11.6 Å². The van der Waals surface area contributed by atoms with Gasteiger partial charge in [0.1, 0.15) is 22.8 Å². The predicted molar refractivity (Wildman–Crippen MR) is 103 cm³/mol. The summed E-state index contributed by atoms with van der Waals surface area (Å²) in [6.45, 7) is 5.16. The van der Waals surface area contributed by atoms with E-state index in [1.54, 1.807) is 48.6 Å². The summed E-state index contributed by atoms with van der Waals surface area (Å²) >= 11 is 0. The van der Waals surface area contributed by atoms with E-state index in [9.17, 15) is 14.7 Å². The monoisotopic (exact) mass is 364 g/mol. The number of phenols is 1. The van der Waals surface area contributed by atoms with Crippen LogP contribution in [-0.2, 0) is 4.79 Å². The van der Waals surface area contributed by atoms with Gasteiger partial charge in [-0.25, -0.2) is 0 Å². The number of aromatic hydroxyl groups is 1. The van der Waals surface area contributed by atoms with Crippen molar-refractivity contribution in [3.8, 4) is 17.2 Å². The minimum Gasteiger partial charge on any atom is -0.506 e. The summed E-state index contributed by atoms with van der Waals surface area (Å²) in [6, 6.07) is 9.99. The molecule has 2 aromatic rings. The second kappa shape index (κ2) is 7.11. The van der Waals surface area contributed by atoms with Crippen molar-refractivity contribution in [1.82, 2.24) is 0 Å². The van der Waals surface area contributed by atoms with Gasteiger partial charge >= 0.3 is 5.97 Å². The maximum absolute atomic E-state index is 12.5. The Bertz CT molecular complexity index is 949. The second-order valence-corrected chi connectivity index (χ2v) is 6.77. The van der Waals surface area contributed by atoms with Crippen molar-refractivity contribution in [2.75, 3.05) is 0 Å². The Hall–Kier alpha value is -3.34. The van der Waals surface area contributed by atoms with Crippen LogP contribution in [0.15, 0.2) is 48.6 Å². The molecule has 0 saturated carbocycles. The summed E-state index contributed by atoms with van der Waals surface area (Å²) in [5.74, 6) is 0.170. The van der Waals surface area contributed by atoms with Gasteiger partial charge in [0.25, 0.3) is 0 Å². The molecule has 1 aliphatic rings. The smallest absolute Gasteiger partial charge is 0.308 e. The molecular formula is C22H20O5. The van der Waals surface area contributed by atoms with Crippen LogP contribution in [0.2, 0.25) is 0 Å². The molecule has 0 spiro atoms. The molecule has 0 fully saturated rings. The van der Waals surface area contributed by atoms with Crippen LogP contribution < -0.4 is 9.47 Å². The standard InChI is InChI=1S/C22H20O5/c1-14(23)26-16-7-4-15(5-8-16)6-10-19(24)17-9-11-20-18(21(17)25)12-13-22(2,3)27-20/h4-13,25H,1-3H3/b10-6+. The number of ether oxygens (including phenoxy) is 2. The maximum atomic E-state index is 12.5. The first kappa shape index (κ1) is 18.5. The van der Waals surface area contributed by atoms with Crippen LogP contribution in [0.3, 0.4) is 0 Å². The molecule has 0 saturated heterocycles. The summed E-state index contributed by atoms with van der Waals surface area (Å²) < 4.78 is 10.8. The Balaban J connectivity index is 1.79. The van der Waals surface area contributed by atoms with Crippen molar-refractivity contribution in [1.29, 1.82) is 0 Å². The largest absolute Gasteiger partial charge is 0.506 e. The number of allylic oxidation sites excluding steroid dienone is 1. The number of hydrogen-bond donors (Lipinski definition) is 1. The topological polar surface area (TPSA) is 72.8 Å². The van der Waals surface area contributed by atoms with Gasteiger partial charge < -0.3 is 14.6 Å². The van der Waals surface area contributed by atoms with Crippen LogP contribution in [0.25, 0.3) is 12.2 Å². The van der Waals surface area contributed by atoms with Crippen LogP contribution >= 0.6 is 0 Å². The molecule has 0 unspecified atom stereocenters. The van der Waals surface area contributed by atoms with Crippen molar-refractivity contribution < 1.29 is 24.2 Å². The van der Waals surface area contributed by atoms with Gasteiger partial charge in [-0.2, -0.15) is 0 Å². The molecule has 0 amide bonds. The molecule has 2 aromatic carbocycles. The van der Waals surface area contributed by atoms with Crippen molar-refractivity contribution in [2.45, 2.75) is 26.4 Å². The average Bonchev–Trinajstić information content (AvgIpc) is 2.60. The molecule has 1 heterocycles. The maximum Gasteiger partial charge on any atom is 0.308 e. The Morgan fingerprint density at radius 1 is 1.11 bits per heavy atom. The quantitative estimate of drug-likeness (QED) is 0.377. The van der Waals surface area contributed by atoms with E-state index in [0.717, 1.165) is 5.56 Å². The number of phenolic OH excluding ortho intramolecular Hbond substituents is 1. The normalized spacial score (nSPS) is 14.5. The van der Waals surface area contributed by atoms with Crippen molar-refractivity contribution in [2.24, 2.45) is 0 Å². The van der Waals surface area contributed by atoms with Gasteiger partial charge in [-0.1, -0.05) is 18.2 Å². The molecule has 5 nitrogen and oxygen atoms in total. The summed E-state index contributed by atoms with van der Waals surface area (Å²) in [5.41, 5.74) is 1.01. The minimum absolute atomic E-state index is 0.0980. The van der Waals surface area contributed by atoms with Crippen molar-refractivity contribution in [3.05, 3.63) is 65.2 Å². The highest BCUT2D eigenvalue weighted by Crippen LogP contribution is 2.38. The molecule has 0 atom stereocenters. The lowest BCUT2D eigenvalue weighted by molar-refractivity contribution is -0.131. The molecule has 0 bridgehead atoms. The van der Waals surface area contributed by atoms with Crippen LogP contribution in [0.4, 0.5) is 0 Å². The molecule has 27 heavy (non-hydrogen) atoms. The van der Waals surface area contributed by atoms with Gasteiger partial charge in [0.05, 0.1) is 11.1 Å². The van der Waals surface area contributed by atoms with Gasteiger partial charge in [0.15, 0.2) is 5.78 Å². The van der Waals surface area contributed by atoms with E-state index in [0.29, 0.717) is 17.1 Å².